The lowest BCUT2D eigenvalue weighted by Crippen LogP contribution is -2.45. The number of carboxylic acid groups (broad SMARTS) is 1. The molecule has 1 N–H and O–H groups in total. The van der Waals surface area contributed by atoms with Crippen LogP contribution in [0.15, 0.2) is 24.3 Å². The molecule has 0 aliphatic heterocycles. The second-order valence-electron chi connectivity index (χ2n) is 4.16. The Bertz CT molecular complexity index is 454. The Balaban J connectivity index is 2.97. The lowest BCUT2D eigenvalue weighted by Gasteiger charge is -2.25. The van der Waals surface area contributed by atoms with Gasteiger partial charge in [-0.05, 0) is 26.0 Å². The zero-order valence-electron chi connectivity index (χ0n) is 10.6. The monoisotopic (exact) mass is 252 g/mol. The summed E-state index contributed by atoms with van der Waals surface area (Å²) in [6.45, 7) is 2.76. The van der Waals surface area contributed by atoms with Gasteiger partial charge in [0.05, 0.1) is 6.61 Å². The van der Waals surface area contributed by atoms with Crippen LogP contribution in [0.25, 0.3) is 0 Å². The topological polar surface area (TPSA) is 72.8 Å². The van der Waals surface area contributed by atoms with Crippen LogP contribution in [-0.2, 0) is 9.53 Å². The van der Waals surface area contributed by atoms with Gasteiger partial charge in [0.15, 0.2) is 5.78 Å². The van der Waals surface area contributed by atoms with Crippen LogP contribution < -0.4 is 4.74 Å². The number of aliphatic carboxylic acids is 1. The molecule has 0 bridgehead atoms. The third-order valence-corrected chi connectivity index (χ3v) is 2.46. The molecule has 0 spiro atoms. The molecular weight excluding hydrogens is 236 g/mol. The summed E-state index contributed by atoms with van der Waals surface area (Å²) in [6, 6.07) is 6.40. The number of ether oxygens (including phenoxy) is 2. The maximum absolute atomic E-state index is 11.2. The minimum atomic E-state index is -1.48. The number of methoxy groups -OCH3 is 1. The first kappa shape index (κ1) is 14.2. The maximum atomic E-state index is 11.2. The van der Waals surface area contributed by atoms with E-state index in [4.69, 9.17) is 14.6 Å². The van der Waals surface area contributed by atoms with Crippen LogP contribution in [0.1, 0.15) is 24.2 Å². The van der Waals surface area contributed by atoms with Gasteiger partial charge >= 0.3 is 5.97 Å². The van der Waals surface area contributed by atoms with E-state index in [9.17, 15) is 9.59 Å². The van der Waals surface area contributed by atoms with E-state index in [0.29, 0.717) is 11.3 Å². The number of carbonyl (C=O) groups is 2. The fourth-order valence-corrected chi connectivity index (χ4v) is 1.45. The second kappa shape index (κ2) is 5.64. The van der Waals surface area contributed by atoms with Gasteiger partial charge in [0.2, 0.25) is 5.60 Å². The smallest absolute Gasteiger partial charge is 0.350 e. The highest BCUT2D eigenvalue weighted by molar-refractivity contribution is 5.94. The Labute approximate surface area is 105 Å². The second-order valence-corrected chi connectivity index (χ2v) is 4.16. The van der Waals surface area contributed by atoms with Gasteiger partial charge in [-0.2, -0.15) is 0 Å². The molecule has 1 atom stereocenters. The molecule has 5 heteroatoms. The van der Waals surface area contributed by atoms with Gasteiger partial charge in [-0.25, -0.2) is 4.79 Å². The predicted octanol–water partition coefficient (Wildman–Crippen LogP) is 1.76. The molecule has 0 aromatic heterocycles. The number of rotatable bonds is 6. The number of ketones is 1. The van der Waals surface area contributed by atoms with Gasteiger partial charge < -0.3 is 14.6 Å². The summed E-state index contributed by atoms with van der Waals surface area (Å²) in [5.41, 5.74) is -1.01. The number of carbonyl (C=O) groups excluding carboxylic acids is 1. The van der Waals surface area contributed by atoms with Crippen molar-refractivity contribution in [2.75, 3.05) is 13.7 Å². The van der Waals surface area contributed by atoms with Crippen LogP contribution in [0.4, 0.5) is 0 Å². The average Bonchev–Trinajstić information content (AvgIpc) is 2.29. The number of hydrogen-bond donors (Lipinski definition) is 1. The summed E-state index contributed by atoms with van der Waals surface area (Å²) in [5, 5.41) is 9.13. The van der Waals surface area contributed by atoms with Crippen molar-refractivity contribution >= 4 is 11.8 Å². The minimum Gasteiger partial charge on any atom is -0.478 e. The van der Waals surface area contributed by atoms with E-state index in [0.717, 1.165) is 0 Å². The molecule has 5 nitrogen and oxygen atoms in total. The van der Waals surface area contributed by atoms with Crippen LogP contribution in [0.2, 0.25) is 0 Å². The Morgan fingerprint density at radius 2 is 2.06 bits per heavy atom. The standard InChI is InChI=1S/C13H16O5/c1-9(14)10-5-4-6-11(7-10)18-13(2,8-17-3)12(15)16/h4-7H,8H2,1-3H3,(H,15,16). The van der Waals surface area contributed by atoms with Crippen LogP contribution in [0.5, 0.6) is 5.75 Å². The Morgan fingerprint density at radius 3 is 2.56 bits per heavy atom. The molecule has 0 saturated carbocycles. The van der Waals surface area contributed by atoms with Crippen molar-refractivity contribution in [3.63, 3.8) is 0 Å². The zero-order valence-corrected chi connectivity index (χ0v) is 10.6. The van der Waals surface area contributed by atoms with E-state index >= 15 is 0 Å². The Hall–Kier alpha value is -1.88. The highest BCUT2D eigenvalue weighted by Gasteiger charge is 2.36. The normalized spacial score (nSPS) is 13.7. The van der Waals surface area contributed by atoms with Gasteiger partial charge in [-0.15, -0.1) is 0 Å². The van der Waals surface area contributed by atoms with Crippen molar-refractivity contribution in [3.8, 4) is 5.75 Å². The van der Waals surface area contributed by atoms with E-state index in [1.165, 1.54) is 27.0 Å². The summed E-state index contributed by atoms with van der Waals surface area (Å²) in [4.78, 5) is 22.4. The first-order chi connectivity index (χ1) is 8.39. The van der Waals surface area contributed by atoms with Crippen molar-refractivity contribution in [1.29, 1.82) is 0 Å². The summed E-state index contributed by atoms with van der Waals surface area (Å²) in [5.74, 6) is -0.911. The first-order valence-electron chi connectivity index (χ1n) is 5.41. The Kier molecular flexibility index (Phi) is 4.44. The molecule has 18 heavy (non-hydrogen) atoms. The quantitative estimate of drug-likeness (QED) is 0.781. The van der Waals surface area contributed by atoms with Crippen LogP contribution >= 0.6 is 0 Å². The van der Waals surface area contributed by atoms with Crippen molar-refractivity contribution in [1.82, 2.24) is 0 Å². The molecular formula is C13H16O5. The third kappa shape index (κ3) is 3.30. The molecule has 1 unspecified atom stereocenters. The van der Waals surface area contributed by atoms with Crippen LogP contribution in [0, 0.1) is 0 Å². The zero-order chi connectivity index (χ0) is 13.8. The largest absolute Gasteiger partial charge is 0.478 e. The molecule has 0 amide bonds. The molecule has 0 saturated heterocycles. The number of benzene rings is 1. The highest BCUT2D eigenvalue weighted by atomic mass is 16.6. The lowest BCUT2D eigenvalue weighted by atomic mass is 10.1. The molecule has 0 fully saturated rings. The molecule has 1 aromatic rings. The number of hydrogen-bond acceptors (Lipinski definition) is 4. The highest BCUT2D eigenvalue weighted by Crippen LogP contribution is 2.21. The summed E-state index contributed by atoms with van der Waals surface area (Å²) < 4.78 is 10.3. The van der Waals surface area contributed by atoms with Crippen molar-refractivity contribution in [2.45, 2.75) is 19.4 Å². The molecule has 1 aromatic carbocycles. The van der Waals surface area contributed by atoms with Gasteiger partial charge in [-0.1, -0.05) is 12.1 Å². The van der Waals surface area contributed by atoms with Gasteiger partial charge in [-0.3, -0.25) is 4.79 Å². The van der Waals surface area contributed by atoms with Gasteiger partial charge in [0.1, 0.15) is 5.75 Å². The number of Topliss-reactive ketones (excluding diaryl/α,β-unsaturated/α-hetero) is 1. The minimum absolute atomic E-state index is 0.0906. The molecule has 0 radical (unpaired) electrons. The molecule has 98 valence electrons. The maximum Gasteiger partial charge on any atom is 0.350 e. The van der Waals surface area contributed by atoms with Crippen LogP contribution in [-0.4, -0.2) is 36.2 Å². The summed E-state index contributed by atoms with van der Waals surface area (Å²) in [7, 11) is 1.40. The Morgan fingerprint density at radius 1 is 1.39 bits per heavy atom. The third-order valence-electron chi connectivity index (χ3n) is 2.46. The molecule has 1 rings (SSSR count). The number of carboxylic acids is 1. The van der Waals surface area contributed by atoms with E-state index in [1.807, 2.05) is 0 Å². The van der Waals surface area contributed by atoms with E-state index < -0.39 is 11.6 Å². The first-order valence-corrected chi connectivity index (χ1v) is 5.41. The van der Waals surface area contributed by atoms with E-state index in [2.05, 4.69) is 0 Å². The predicted molar refractivity (Wildman–Crippen MR) is 65.0 cm³/mol. The van der Waals surface area contributed by atoms with Crippen molar-refractivity contribution < 1.29 is 24.2 Å². The fourth-order valence-electron chi connectivity index (χ4n) is 1.45. The van der Waals surface area contributed by atoms with Gasteiger partial charge in [0.25, 0.3) is 0 Å². The van der Waals surface area contributed by atoms with E-state index in [1.54, 1.807) is 18.2 Å². The average molecular weight is 252 g/mol. The SMILES string of the molecule is COCC(C)(Oc1cccc(C(C)=O)c1)C(=O)O. The van der Waals surface area contributed by atoms with Crippen molar-refractivity contribution in [2.24, 2.45) is 0 Å². The van der Waals surface area contributed by atoms with E-state index in [-0.39, 0.29) is 12.4 Å². The summed E-state index contributed by atoms with van der Waals surface area (Å²) >= 11 is 0. The van der Waals surface area contributed by atoms with Crippen LogP contribution in [0.3, 0.4) is 0 Å². The van der Waals surface area contributed by atoms with Gasteiger partial charge in [0, 0.05) is 12.7 Å². The van der Waals surface area contributed by atoms with Crippen molar-refractivity contribution in [3.05, 3.63) is 29.8 Å². The molecule has 0 aliphatic carbocycles. The molecule has 0 aliphatic rings. The summed E-state index contributed by atoms with van der Waals surface area (Å²) in [6.07, 6.45) is 0. The lowest BCUT2D eigenvalue weighted by molar-refractivity contribution is -0.158. The fraction of sp³-hybridized carbons (Fsp3) is 0.385. The molecule has 0 heterocycles.